The zero-order valence-corrected chi connectivity index (χ0v) is 8.72. The summed E-state index contributed by atoms with van der Waals surface area (Å²) in [7, 11) is 1.88. The van der Waals surface area contributed by atoms with Gasteiger partial charge in [-0.05, 0) is 24.1 Å². The maximum atomic E-state index is 4.19. The van der Waals surface area contributed by atoms with Gasteiger partial charge in [-0.2, -0.15) is 0 Å². The van der Waals surface area contributed by atoms with E-state index >= 15 is 0 Å². The number of aromatic nitrogens is 3. The molecule has 0 aliphatic carbocycles. The minimum Gasteiger partial charge on any atom is -0.359 e. The topological polar surface area (TPSA) is 42.7 Å². The van der Waals surface area contributed by atoms with Crippen LogP contribution in [-0.2, 0) is 13.0 Å². The monoisotopic (exact) mass is 202 g/mol. The van der Waals surface area contributed by atoms with Gasteiger partial charge in [0.05, 0.1) is 0 Å². The second-order valence-electron chi connectivity index (χ2n) is 3.30. The molecule has 1 N–H and O–H groups in total. The van der Waals surface area contributed by atoms with Crippen molar-refractivity contribution in [2.45, 2.75) is 13.0 Å². The molecule has 4 nitrogen and oxygen atoms in total. The molecule has 0 radical (unpaired) electrons. The zero-order chi connectivity index (χ0) is 10.5. The van der Waals surface area contributed by atoms with E-state index < -0.39 is 0 Å². The fourth-order valence-corrected chi connectivity index (χ4v) is 1.52. The van der Waals surface area contributed by atoms with E-state index in [0.717, 1.165) is 18.9 Å². The Morgan fingerprint density at radius 1 is 1.27 bits per heavy atom. The number of imidazole rings is 1. The number of aryl methyl sites for hydroxylation is 2. The number of hydrogen-bond donors (Lipinski definition) is 1. The largest absolute Gasteiger partial charge is 0.359 e. The summed E-state index contributed by atoms with van der Waals surface area (Å²) in [4.78, 5) is 8.18. The fraction of sp³-hybridized carbons (Fsp3) is 0.273. The molecule has 0 saturated heterocycles. The van der Waals surface area contributed by atoms with Crippen LogP contribution in [0.3, 0.4) is 0 Å². The molecular formula is C11H14N4. The molecule has 0 unspecified atom stereocenters. The Hall–Kier alpha value is -1.84. The van der Waals surface area contributed by atoms with Crippen molar-refractivity contribution in [3.05, 3.63) is 42.5 Å². The first-order valence-corrected chi connectivity index (χ1v) is 4.98. The van der Waals surface area contributed by atoms with E-state index in [-0.39, 0.29) is 0 Å². The minimum atomic E-state index is 0.907. The van der Waals surface area contributed by atoms with Gasteiger partial charge in [-0.3, -0.25) is 4.98 Å². The number of nitrogens with one attached hydrogen (secondary N) is 1. The van der Waals surface area contributed by atoms with Crippen LogP contribution in [0.25, 0.3) is 0 Å². The zero-order valence-electron chi connectivity index (χ0n) is 8.72. The summed E-state index contributed by atoms with van der Waals surface area (Å²) in [5, 5.41) is 3.05. The Bertz CT molecular complexity index is 408. The Kier molecular flexibility index (Phi) is 2.97. The molecule has 2 heterocycles. The second-order valence-corrected chi connectivity index (χ2v) is 3.30. The van der Waals surface area contributed by atoms with Gasteiger partial charge in [0.25, 0.3) is 0 Å². The van der Waals surface area contributed by atoms with Gasteiger partial charge in [0.2, 0.25) is 5.95 Å². The lowest BCUT2D eigenvalue weighted by Crippen LogP contribution is -2.05. The first kappa shape index (κ1) is 9.71. The highest BCUT2D eigenvalue weighted by Crippen LogP contribution is 2.06. The molecule has 0 aliphatic rings. The second kappa shape index (κ2) is 4.59. The lowest BCUT2D eigenvalue weighted by molar-refractivity contribution is 0.702. The maximum absolute atomic E-state index is 4.19. The third-order valence-corrected chi connectivity index (χ3v) is 2.33. The van der Waals surface area contributed by atoms with Crippen LogP contribution in [0.5, 0.6) is 0 Å². The molecule has 0 amide bonds. The normalized spacial score (nSPS) is 10.2. The minimum absolute atomic E-state index is 0.907. The van der Waals surface area contributed by atoms with Crippen molar-refractivity contribution in [1.82, 2.24) is 14.5 Å². The van der Waals surface area contributed by atoms with Gasteiger partial charge < -0.3 is 9.88 Å². The van der Waals surface area contributed by atoms with Crippen LogP contribution in [-0.4, -0.2) is 21.6 Å². The lowest BCUT2D eigenvalue weighted by atomic mass is 10.2. The van der Waals surface area contributed by atoms with E-state index in [1.807, 2.05) is 37.8 Å². The van der Waals surface area contributed by atoms with Crippen LogP contribution < -0.4 is 5.32 Å². The van der Waals surface area contributed by atoms with Gasteiger partial charge >= 0.3 is 0 Å². The predicted molar refractivity (Wildman–Crippen MR) is 59.7 cm³/mol. The SMILES string of the molecule is CNc1nccn1CCc1ccncc1. The van der Waals surface area contributed by atoms with Crippen molar-refractivity contribution in [1.29, 1.82) is 0 Å². The number of nitrogens with zero attached hydrogens (tertiary/aromatic N) is 3. The number of rotatable bonds is 4. The fourth-order valence-electron chi connectivity index (χ4n) is 1.52. The van der Waals surface area contributed by atoms with E-state index in [1.165, 1.54) is 5.56 Å². The molecule has 4 heteroatoms. The molecule has 0 spiro atoms. The van der Waals surface area contributed by atoms with E-state index in [0.29, 0.717) is 0 Å². The van der Waals surface area contributed by atoms with Crippen molar-refractivity contribution in [3.8, 4) is 0 Å². The first-order valence-electron chi connectivity index (χ1n) is 4.98. The summed E-state index contributed by atoms with van der Waals surface area (Å²) < 4.78 is 2.10. The summed E-state index contributed by atoms with van der Waals surface area (Å²) >= 11 is 0. The molecular weight excluding hydrogens is 188 g/mol. The Morgan fingerprint density at radius 2 is 2.07 bits per heavy atom. The van der Waals surface area contributed by atoms with E-state index in [2.05, 4.69) is 19.9 Å². The number of anilines is 1. The Balaban J connectivity index is 1.99. The van der Waals surface area contributed by atoms with Crippen molar-refractivity contribution in [2.75, 3.05) is 12.4 Å². The van der Waals surface area contributed by atoms with E-state index in [9.17, 15) is 0 Å². The summed E-state index contributed by atoms with van der Waals surface area (Å²) in [6.07, 6.45) is 8.42. The Morgan fingerprint density at radius 3 is 2.80 bits per heavy atom. The van der Waals surface area contributed by atoms with Gasteiger partial charge in [0, 0.05) is 38.4 Å². The molecule has 2 rings (SSSR count). The standard InChI is InChI=1S/C11H14N4/c1-12-11-14-7-9-15(11)8-4-10-2-5-13-6-3-10/h2-3,5-7,9H,4,8H2,1H3,(H,12,14). The summed E-state index contributed by atoms with van der Waals surface area (Å²) in [5.41, 5.74) is 1.29. The number of pyridine rings is 1. The van der Waals surface area contributed by atoms with Crippen LogP contribution in [0.2, 0.25) is 0 Å². The third kappa shape index (κ3) is 2.34. The average molecular weight is 202 g/mol. The van der Waals surface area contributed by atoms with Crippen molar-refractivity contribution in [3.63, 3.8) is 0 Å². The molecule has 78 valence electrons. The van der Waals surface area contributed by atoms with Crippen LogP contribution in [0, 0.1) is 0 Å². The smallest absolute Gasteiger partial charge is 0.202 e. The molecule has 0 fully saturated rings. The molecule has 0 atom stereocenters. The molecule has 0 aromatic carbocycles. The van der Waals surface area contributed by atoms with Crippen LogP contribution >= 0.6 is 0 Å². The van der Waals surface area contributed by atoms with Gasteiger partial charge in [0.15, 0.2) is 0 Å². The highest BCUT2D eigenvalue weighted by molar-refractivity contribution is 5.24. The summed E-state index contributed by atoms with van der Waals surface area (Å²) in [5.74, 6) is 0.907. The van der Waals surface area contributed by atoms with Crippen molar-refractivity contribution in [2.24, 2.45) is 0 Å². The van der Waals surface area contributed by atoms with Crippen LogP contribution in [0.4, 0.5) is 5.95 Å². The predicted octanol–water partition coefficient (Wildman–Crippen LogP) is 1.56. The van der Waals surface area contributed by atoms with Crippen molar-refractivity contribution >= 4 is 5.95 Å². The van der Waals surface area contributed by atoms with Crippen molar-refractivity contribution < 1.29 is 0 Å². The molecule has 0 saturated carbocycles. The quantitative estimate of drug-likeness (QED) is 0.818. The van der Waals surface area contributed by atoms with Crippen LogP contribution in [0.1, 0.15) is 5.56 Å². The number of hydrogen-bond acceptors (Lipinski definition) is 3. The molecule has 15 heavy (non-hydrogen) atoms. The summed E-state index contributed by atoms with van der Waals surface area (Å²) in [6.45, 7) is 0.931. The molecule has 2 aromatic rings. The maximum Gasteiger partial charge on any atom is 0.202 e. The summed E-state index contributed by atoms with van der Waals surface area (Å²) in [6, 6.07) is 4.08. The van der Waals surface area contributed by atoms with E-state index in [1.54, 1.807) is 6.20 Å². The van der Waals surface area contributed by atoms with Gasteiger partial charge in [-0.25, -0.2) is 4.98 Å². The highest BCUT2D eigenvalue weighted by atomic mass is 15.2. The highest BCUT2D eigenvalue weighted by Gasteiger charge is 1.99. The Labute approximate surface area is 89.0 Å². The van der Waals surface area contributed by atoms with Crippen LogP contribution in [0.15, 0.2) is 36.9 Å². The average Bonchev–Trinajstić information content (AvgIpc) is 2.75. The molecule has 2 aromatic heterocycles. The van der Waals surface area contributed by atoms with Gasteiger partial charge in [-0.1, -0.05) is 0 Å². The first-order chi connectivity index (χ1) is 7.40. The van der Waals surface area contributed by atoms with Gasteiger partial charge in [-0.15, -0.1) is 0 Å². The molecule has 0 aliphatic heterocycles. The van der Waals surface area contributed by atoms with E-state index in [4.69, 9.17) is 0 Å². The third-order valence-electron chi connectivity index (χ3n) is 2.33. The molecule has 0 bridgehead atoms. The van der Waals surface area contributed by atoms with Gasteiger partial charge in [0.1, 0.15) is 0 Å². The lowest BCUT2D eigenvalue weighted by Gasteiger charge is -2.06.